The van der Waals surface area contributed by atoms with Gasteiger partial charge in [-0.1, -0.05) is 23.7 Å². The lowest BCUT2D eigenvalue weighted by Gasteiger charge is -2.19. The van der Waals surface area contributed by atoms with Gasteiger partial charge in [-0.05, 0) is 42.3 Å². The lowest BCUT2D eigenvalue weighted by molar-refractivity contribution is -0.115. The summed E-state index contributed by atoms with van der Waals surface area (Å²) in [5.74, 6) is 0.374. The fourth-order valence-electron chi connectivity index (χ4n) is 2.86. The van der Waals surface area contributed by atoms with E-state index in [4.69, 9.17) is 16.3 Å². The number of carbonyl (C=O) groups is 1. The highest BCUT2D eigenvalue weighted by Crippen LogP contribution is 2.32. The highest BCUT2D eigenvalue weighted by atomic mass is 35.5. The Morgan fingerprint density at radius 1 is 1.23 bits per heavy atom. The molecule has 0 unspecified atom stereocenters. The second-order valence-electron chi connectivity index (χ2n) is 5.98. The van der Waals surface area contributed by atoms with Crippen LogP contribution in [0.1, 0.15) is 12.0 Å². The lowest BCUT2D eigenvalue weighted by Crippen LogP contribution is -2.25. The van der Waals surface area contributed by atoms with Gasteiger partial charge >= 0.3 is 0 Å². The van der Waals surface area contributed by atoms with E-state index in [0.29, 0.717) is 35.1 Å². The topological polar surface area (TPSA) is 75.7 Å². The van der Waals surface area contributed by atoms with E-state index >= 15 is 0 Å². The molecular weight excluding hydrogens is 376 g/mol. The molecule has 1 heterocycles. The highest BCUT2D eigenvalue weighted by molar-refractivity contribution is 7.93. The molecule has 1 N–H and O–H groups in total. The number of carbonyl (C=O) groups excluding carboxylic acids is 1. The smallest absolute Gasteiger partial charge is 0.235 e. The average molecular weight is 395 g/mol. The number of amides is 1. The summed E-state index contributed by atoms with van der Waals surface area (Å²) in [6.07, 6.45) is 0.763. The van der Waals surface area contributed by atoms with Gasteiger partial charge in [-0.3, -0.25) is 9.10 Å². The summed E-state index contributed by atoms with van der Waals surface area (Å²) < 4.78 is 30.9. The van der Waals surface area contributed by atoms with Gasteiger partial charge in [0.25, 0.3) is 0 Å². The van der Waals surface area contributed by atoms with E-state index in [1.165, 1.54) is 11.4 Å². The van der Waals surface area contributed by atoms with Crippen LogP contribution in [0, 0.1) is 0 Å². The van der Waals surface area contributed by atoms with E-state index in [1.807, 2.05) is 0 Å². The number of benzene rings is 2. The van der Waals surface area contributed by atoms with Gasteiger partial charge in [0.1, 0.15) is 5.75 Å². The SMILES string of the molecule is COc1ccc(N2CCCS2(=O)=O)cc1NC(=O)Cc1ccc(Cl)cc1. The van der Waals surface area contributed by atoms with Crippen molar-refractivity contribution >= 4 is 38.9 Å². The summed E-state index contributed by atoms with van der Waals surface area (Å²) in [6.45, 7) is 0.437. The molecule has 6 nitrogen and oxygen atoms in total. The molecule has 8 heteroatoms. The van der Waals surface area contributed by atoms with Gasteiger partial charge in [0.15, 0.2) is 0 Å². The number of anilines is 2. The molecule has 1 aliphatic heterocycles. The van der Waals surface area contributed by atoms with Crippen molar-refractivity contribution in [2.75, 3.05) is 29.0 Å². The van der Waals surface area contributed by atoms with Crippen LogP contribution in [-0.2, 0) is 21.2 Å². The minimum Gasteiger partial charge on any atom is -0.495 e. The van der Waals surface area contributed by atoms with Gasteiger partial charge in [-0.25, -0.2) is 8.42 Å². The van der Waals surface area contributed by atoms with E-state index in [2.05, 4.69) is 5.32 Å². The summed E-state index contributed by atoms with van der Waals surface area (Å²) in [5.41, 5.74) is 1.78. The van der Waals surface area contributed by atoms with Gasteiger partial charge in [-0.15, -0.1) is 0 Å². The molecule has 0 aromatic heterocycles. The number of rotatable bonds is 5. The summed E-state index contributed by atoms with van der Waals surface area (Å²) in [4.78, 5) is 12.4. The normalized spacial score (nSPS) is 15.7. The molecule has 2 aromatic rings. The summed E-state index contributed by atoms with van der Waals surface area (Å²) in [7, 11) is -1.79. The van der Waals surface area contributed by atoms with Crippen LogP contribution in [0.15, 0.2) is 42.5 Å². The van der Waals surface area contributed by atoms with E-state index in [9.17, 15) is 13.2 Å². The van der Waals surface area contributed by atoms with Gasteiger partial charge in [0, 0.05) is 11.6 Å². The minimum absolute atomic E-state index is 0.136. The number of hydrogen-bond acceptors (Lipinski definition) is 4. The molecular formula is C18H19ClN2O4S. The molecule has 26 heavy (non-hydrogen) atoms. The summed E-state index contributed by atoms with van der Waals surface area (Å²) in [6, 6.07) is 12.0. The lowest BCUT2D eigenvalue weighted by atomic mass is 10.1. The molecule has 1 aliphatic rings. The van der Waals surface area contributed by atoms with Crippen LogP contribution in [0.2, 0.25) is 5.02 Å². The number of hydrogen-bond donors (Lipinski definition) is 1. The molecule has 0 spiro atoms. The summed E-state index contributed by atoms with van der Waals surface area (Å²) >= 11 is 5.85. The van der Waals surface area contributed by atoms with E-state index in [-0.39, 0.29) is 18.1 Å². The van der Waals surface area contributed by atoms with Crippen molar-refractivity contribution in [3.63, 3.8) is 0 Å². The Kier molecular flexibility index (Phi) is 5.38. The van der Waals surface area contributed by atoms with Crippen LogP contribution in [0.3, 0.4) is 0 Å². The van der Waals surface area contributed by atoms with Gasteiger partial charge in [0.05, 0.1) is 30.7 Å². The Morgan fingerprint density at radius 2 is 1.96 bits per heavy atom. The monoisotopic (exact) mass is 394 g/mol. The van der Waals surface area contributed by atoms with Crippen LogP contribution in [0.5, 0.6) is 5.75 Å². The molecule has 138 valence electrons. The minimum atomic E-state index is -3.29. The Hall–Kier alpha value is -2.25. The number of sulfonamides is 1. The van der Waals surface area contributed by atoms with Crippen LogP contribution in [-0.4, -0.2) is 33.7 Å². The molecule has 3 rings (SSSR count). The maximum Gasteiger partial charge on any atom is 0.235 e. The first-order valence-corrected chi connectivity index (χ1v) is 10.1. The molecule has 0 radical (unpaired) electrons. The predicted octanol–water partition coefficient (Wildman–Crippen LogP) is 3.07. The molecule has 0 bridgehead atoms. The van der Waals surface area contributed by atoms with E-state index in [1.54, 1.807) is 42.5 Å². The Labute approximate surface area is 157 Å². The average Bonchev–Trinajstić information content (AvgIpc) is 2.96. The first-order chi connectivity index (χ1) is 12.4. The van der Waals surface area contributed by atoms with Crippen LogP contribution in [0.25, 0.3) is 0 Å². The molecule has 2 aromatic carbocycles. The summed E-state index contributed by atoms with van der Waals surface area (Å²) in [5, 5.41) is 3.40. The van der Waals surface area contributed by atoms with Gasteiger partial charge < -0.3 is 10.1 Å². The fourth-order valence-corrected chi connectivity index (χ4v) is 4.54. The van der Waals surface area contributed by atoms with Crippen molar-refractivity contribution in [1.82, 2.24) is 0 Å². The van der Waals surface area contributed by atoms with Crippen molar-refractivity contribution in [2.45, 2.75) is 12.8 Å². The molecule has 0 atom stereocenters. The fraction of sp³-hybridized carbons (Fsp3) is 0.278. The maximum atomic E-state index is 12.4. The zero-order chi connectivity index (χ0) is 18.7. The van der Waals surface area contributed by atoms with Crippen molar-refractivity contribution in [3.8, 4) is 5.75 Å². The number of methoxy groups -OCH3 is 1. The molecule has 0 aliphatic carbocycles. The Morgan fingerprint density at radius 3 is 2.58 bits per heavy atom. The molecule has 1 amide bonds. The first-order valence-electron chi connectivity index (χ1n) is 8.12. The van der Waals surface area contributed by atoms with Gasteiger partial charge in [-0.2, -0.15) is 0 Å². The Balaban J connectivity index is 1.80. The number of halogens is 1. The maximum absolute atomic E-state index is 12.4. The van der Waals surface area contributed by atoms with Crippen molar-refractivity contribution in [3.05, 3.63) is 53.1 Å². The number of nitrogens with zero attached hydrogens (tertiary/aromatic N) is 1. The zero-order valence-electron chi connectivity index (χ0n) is 14.2. The van der Waals surface area contributed by atoms with Gasteiger partial charge in [0.2, 0.25) is 15.9 Å². The first kappa shape index (κ1) is 18.5. The van der Waals surface area contributed by atoms with Crippen molar-refractivity contribution in [2.24, 2.45) is 0 Å². The van der Waals surface area contributed by atoms with Crippen molar-refractivity contribution in [1.29, 1.82) is 0 Å². The third-order valence-corrected chi connectivity index (χ3v) is 6.24. The zero-order valence-corrected chi connectivity index (χ0v) is 15.8. The van der Waals surface area contributed by atoms with Crippen molar-refractivity contribution < 1.29 is 17.9 Å². The molecule has 1 saturated heterocycles. The Bertz CT molecular complexity index is 913. The number of ether oxygens (including phenoxy) is 1. The second kappa shape index (κ2) is 7.55. The molecule has 1 fully saturated rings. The molecule has 0 saturated carbocycles. The largest absolute Gasteiger partial charge is 0.495 e. The third kappa shape index (κ3) is 4.11. The van der Waals surface area contributed by atoms with E-state index in [0.717, 1.165) is 5.56 Å². The van der Waals surface area contributed by atoms with Crippen LogP contribution < -0.4 is 14.4 Å². The predicted molar refractivity (Wildman–Crippen MR) is 103 cm³/mol. The van der Waals surface area contributed by atoms with Crippen LogP contribution in [0.4, 0.5) is 11.4 Å². The highest BCUT2D eigenvalue weighted by Gasteiger charge is 2.29. The van der Waals surface area contributed by atoms with Crippen LogP contribution >= 0.6 is 11.6 Å². The van der Waals surface area contributed by atoms with E-state index < -0.39 is 10.0 Å². The third-order valence-electron chi connectivity index (χ3n) is 4.12. The standard InChI is InChI=1S/C18H19ClN2O4S/c1-25-17-8-7-15(21-9-2-10-26(21,23)24)12-16(17)20-18(22)11-13-3-5-14(19)6-4-13/h3-8,12H,2,9-11H2,1H3,(H,20,22). The number of nitrogens with one attached hydrogen (secondary N) is 1. The quantitative estimate of drug-likeness (QED) is 0.845. The second-order valence-corrected chi connectivity index (χ2v) is 8.43.